The highest BCUT2D eigenvalue weighted by molar-refractivity contribution is 5.72. The lowest BCUT2D eigenvalue weighted by Gasteiger charge is -2.38. The molecule has 88 valence electrons. The van der Waals surface area contributed by atoms with Crippen LogP contribution >= 0.6 is 0 Å². The molecule has 3 heteroatoms. The summed E-state index contributed by atoms with van der Waals surface area (Å²) < 4.78 is 5.64. The van der Waals surface area contributed by atoms with Gasteiger partial charge in [-0.15, -0.1) is 0 Å². The SMILES string of the molecule is CC(C1CCCC(C(=O)O)O1)C(C)(C)C. The van der Waals surface area contributed by atoms with Crippen LogP contribution in [-0.2, 0) is 9.53 Å². The molecule has 15 heavy (non-hydrogen) atoms. The number of aliphatic carboxylic acids is 1. The molecule has 1 fully saturated rings. The third kappa shape index (κ3) is 3.20. The normalized spacial score (nSPS) is 29.9. The van der Waals surface area contributed by atoms with Crippen molar-refractivity contribution in [1.29, 1.82) is 0 Å². The van der Waals surface area contributed by atoms with Crippen LogP contribution in [0.4, 0.5) is 0 Å². The highest BCUT2D eigenvalue weighted by atomic mass is 16.5. The fraction of sp³-hybridized carbons (Fsp3) is 0.917. The Morgan fingerprint density at radius 1 is 1.40 bits per heavy atom. The molecule has 1 aliphatic rings. The second kappa shape index (κ2) is 4.52. The molecular formula is C12H22O3. The zero-order valence-electron chi connectivity index (χ0n) is 10.1. The lowest BCUT2D eigenvalue weighted by atomic mass is 9.76. The first-order chi connectivity index (χ1) is 6.82. The molecule has 1 rings (SSSR count). The number of rotatable bonds is 2. The summed E-state index contributed by atoms with van der Waals surface area (Å²) in [6.07, 6.45) is 2.11. The number of carbonyl (C=O) groups is 1. The lowest BCUT2D eigenvalue weighted by molar-refractivity contribution is -0.165. The molecule has 0 aliphatic carbocycles. The summed E-state index contributed by atoms with van der Waals surface area (Å²) in [6.45, 7) is 8.66. The topological polar surface area (TPSA) is 46.5 Å². The molecule has 0 amide bonds. The van der Waals surface area contributed by atoms with Crippen molar-refractivity contribution < 1.29 is 14.6 Å². The molecular weight excluding hydrogens is 192 g/mol. The molecule has 3 nitrogen and oxygen atoms in total. The molecule has 1 saturated heterocycles. The first-order valence-corrected chi connectivity index (χ1v) is 5.70. The van der Waals surface area contributed by atoms with Gasteiger partial charge in [0.2, 0.25) is 0 Å². The van der Waals surface area contributed by atoms with Gasteiger partial charge < -0.3 is 9.84 Å². The predicted molar refractivity (Wildman–Crippen MR) is 58.8 cm³/mol. The van der Waals surface area contributed by atoms with Gasteiger partial charge in [-0.25, -0.2) is 4.79 Å². The highest BCUT2D eigenvalue weighted by Crippen LogP contribution is 2.35. The van der Waals surface area contributed by atoms with E-state index in [9.17, 15) is 4.79 Å². The van der Waals surface area contributed by atoms with E-state index >= 15 is 0 Å². The zero-order valence-corrected chi connectivity index (χ0v) is 10.1. The van der Waals surface area contributed by atoms with Crippen LogP contribution in [0.25, 0.3) is 0 Å². The summed E-state index contributed by atoms with van der Waals surface area (Å²) in [7, 11) is 0. The van der Waals surface area contributed by atoms with Crippen molar-refractivity contribution in [3.8, 4) is 0 Å². The first kappa shape index (κ1) is 12.5. The number of hydrogen-bond donors (Lipinski definition) is 1. The fourth-order valence-electron chi connectivity index (χ4n) is 1.96. The van der Waals surface area contributed by atoms with Crippen LogP contribution in [0, 0.1) is 11.3 Å². The number of carboxylic acid groups (broad SMARTS) is 1. The predicted octanol–water partition coefficient (Wildman–Crippen LogP) is 2.69. The smallest absolute Gasteiger partial charge is 0.332 e. The number of ether oxygens (including phenoxy) is 1. The minimum Gasteiger partial charge on any atom is -0.479 e. The summed E-state index contributed by atoms with van der Waals surface area (Å²) >= 11 is 0. The largest absolute Gasteiger partial charge is 0.479 e. The van der Waals surface area contributed by atoms with Crippen LogP contribution in [0.15, 0.2) is 0 Å². The van der Waals surface area contributed by atoms with Gasteiger partial charge in [-0.05, 0) is 30.6 Å². The van der Waals surface area contributed by atoms with Crippen LogP contribution in [0.1, 0.15) is 47.0 Å². The third-order valence-corrected chi connectivity index (χ3v) is 3.49. The average Bonchev–Trinajstić information content (AvgIpc) is 2.15. The zero-order chi connectivity index (χ0) is 11.6. The summed E-state index contributed by atoms with van der Waals surface area (Å²) in [6, 6.07) is 0. The van der Waals surface area contributed by atoms with E-state index in [-0.39, 0.29) is 11.5 Å². The van der Waals surface area contributed by atoms with E-state index in [4.69, 9.17) is 9.84 Å². The van der Waals surface area contributed by atoms with Gasteiger partial charge in [0.25, 0.3) is 0 Å². The van der Waals surface area contributed by atoms with Crippen molar-refractivity contribution in [3.05, 3.63) is 0 Å². The highest BCUT2D eigenvalue weighted by Gasteiger charge is 2.35. The maximum absolute atomic E-state index is 10.8. The van der Waals surface area contributed by atoms with Gasteiger partial charge in [-0.3, -0.25) is 0 Å². The van der Waals surface area contributed by atoms with Gasteiger partial charge in [0.1, 0.15) is 0 Å². The van der Waals surface area contributed by atoms with Crippen LogP contribution in [0.2, 0.25) is 0 Å². The van der Waals surface area contributed by atoms with Gasteiger partial charge in [-0.1, -0.05) is 27.7 Å². The van der Waals surface area contributed by atoms with Crippen LogP contribution in [0.3, 0.4) is 0 Å². The van der Waals surface area contributed by atoms with Crippen LogP contribution in [-0.4, -0.2) is 23.3 Å². The van der Waals surface area contributed by atoms with Gasteiger partial charge >= 0.3 is 5.97 Å². The van der Waals surface area contributed by atoms with Gasteiger partial charge in [-0.2, -0.15) is 0 Å². The molecule has 1 aliphatic heterocycles. The lowest BCUT2D eigenvalue weighted by Crippen LogP contribution is -2.40. The van der Waals surface area contributed by atoms with Crippen LogP contribution in [0.5, 0.6) is 0 Å². The third-order valence-electron chi connectivity index (χ3n) is 3.49. The molecule has 1 N–H and O–H groups in total. The maximum Gasteiger partial charge on any atom is 0.332 e. The van der Waals surface area contributed by atoms with Crippen molar-refractivity contribution in [1.82, 2.24) is 0 Å². The molecule has 0 radical (unpaired) electrons. The standard InChI is InChI=1S/C12H22O3/c1-8(12(2,3)4)9-6-5-7-10(15-9)11(13)14/h8-10H,5-7H2,1-4H3,(H,13,14). The van der Waals surface area contributed by atoms with Crippen LogP contribution < -0.4 is 0 Å². The quantitative estimate of drug-likeness (QED) is 0.768. The van der Waals surface area contributed by atoms with Crippen molar-refractivity contribution in [2.45, 2.75) is 59.2 Å². The molecule has 0 aromatic carbocycles. The number of hydrogen-bond acceptors (Lipinski definition) is 2. The molecule has 3 unspecified atom stereocenters. The van der Waals surface area contributed by atoms with E-state index in [1.54, 1.807) is 0 Å². The van der Waals surface area contributed by atoms with E-state index in [0.717, 1.165) is 12.8 Å². The minimum atomic E-state index is -0.819. The number of carboxylic acids is 1. The van der Waals surface area contributed by atoms with E-state index < -0.39 is 12.1 Å². The molecule has 0 aromatic rings. The van der Waals surface area contributed by atoms with Crippen molar-refractivity contribution in [2.75, 3.05) is 0 Å². The fourth-order valence-corrected chi connectivity index (χ4v) is 1.96. The van der Waals surface area contributed by atoms with Crippen molar-refractivity contribution >= 4 is 5.97 Å². The van der Waals surface area contributed by atoms with Gasteiger partial charge in [0.05, 0.1) is 6.10 Å². The first-order valence-electron chi connectivity index (χ1n) is 5.70. The molecule has 0 aromatic heterocycles. The Morgan fingerprint density at radius 3 is 2.47 bits per heavy atom. The van der Waals surface area contributed by atoms with Gasteiger partial charge in [0, 0.05) is 0 Å². The van der Waals surface area contributed by atoms with E-state index in [1.165, 1.54) is 0 Å². The summed E-state index contributed by atoms with van der Waals surface area (Å²) in [5.74, 6) is -0.430. The monoisotopic (exact) mass is 214 g/mol. The summed E-state index contributed by atoms with van der Waals surface area (Å²) in [5.41, 5.74) is 0.172. The second-order valence-electron chi connectivity index (χ2n) is 5.59. The summed E-state index contributed by atoms with van der Waals surface area (Å²) in [5, 5.41) is 8.92. The Morgan fingerprint density at radius 2 is 2.00 bits per heavy atom. The Balaban J connectivity index is 2.60. The van der Waals surface area contributed by atoms with E-state index in [1.807, 2.05) is 0 Å². The van der Waals surface area contributed by atoms with Gasteiger partial charge in [0.15, 0.2) is 6.10 Å². The molecule has 0 bridgehead atoms. The molecule has 0 spiro atoms. The average molecular weight is 214 g/mol. The Labute approximate surface area is 91.8 Å². The van der Waals surface area contributed by atoms with E-state index in [2.05, 4.69) is 27.7 Å². The Bertz CT molecular complexity index is 230. The Kier molecular flexibility index (Phi) is 3.77. The molecule has 1 heterocycles. The summed E-state index contributed by atoms with van der Waals surface area (Å²) in [4.78, 5) is 10.8. The molecule has 3 atom stereocenters. The second-order valence-corrected chi connectivity index (χ2v) is 5.59. The van der Waals surface area contributed by atoms with Crippen molar-refractivity contribution in [2.24, 2.45) is 11.3 Å². The molecule has 0 saturated carbocycles. The maximum atomic E-state index is 10.8. The Hall–Kier alpha value is -0.570. The van der Waals surface area contributed by atoms with Crippen molar-refractivity contribution in [3.63, 3.8) is 0 Å². The minimum absolute atomic E-state index is 0.0971. The van der Waals surface area contributed by atoms with E-state index in [0.29, 0.717) is 12.3 Å².